The van der Waals surface area contributed by atoms with E-state index in [1.54, 1.807) is 23.6 Å². The number of benzene rings is 2. The highest BCUT2D eigenvalue weighted by Crippen LogP contribution is 2.30. The molecule has 0 aliphatic rings. The Hall–Kier alpha value is -3.60. The van der Waals surface area contributed by atoms with E-state index in [-0.39, 0.29) is 5.69 Å². The summed E-state index contributed by atoms with van der Waals surface area (Å²) >= 11 is 7.58. The zero-order valence-corrected chi connectivity index (χ0v) is 16.3. The van der Waals surface area contributed by atoms with E-state index in [0.717, 1.165) is 10.9 Å². The SMILES string of the molecule is N#C/C(=C/c1cc2ccccc2nc1Cl)c1nc(-c2cccc([N+](=O)[O-])c2)cs1. The Morgan fingerprint density at radius 1 is 1.17 bits per heavy atom. The van der Waals surface area contributed by atoms with Crippen molar-refractivity contribution in [3.63, 3.8) is 0 Å². The summed E-state index contributed by atoms with van der Waals surface area (Å²) < 4.78 is 0. The number of nitriles is 1. The van der Waals surface area contributed by atoms with Gasteiger partial charge in [0.15, 0.2) is 0 Å². The number of rotatable bonds is 4. The van der Waals surface area contributed by atoms with E-state index in [0.29, 0.717) is 32.6 Å². The van der Waals surface area contributed by atoms with Gasteiger partial charge in [-0.05, 0) is 18.2 Å². The number of aromatic nitrogens is 2. The van der Waals surface area contributed by atoms with E-state index in [1.165, 1.54) is 23.5 Å². The maximum atomic E-state index is 11.0. The van der Waals surface area contributed by atoms with Crippen LogP contribution in [0.25, 0.3) is 33.8 Å². The maximum absolute atomic E-state index is 11.0. The Morgan fingerprint density at radius 3 is 2.79 bits per heavy atom. The average molecular weight is 419 g/mol. The van der Waals surface area contributed by atoms with E-state index in [4.69, 9.17) is 11.6 Å². The summed E-state index contributed by atoms with van der Waals surface area (Å²) in [7, 11) is 0. The largest absolute Gasteiger partial charge is 0.270 e. The summed E-state index contributed by atoms with van der Waals surface area (Å²) in [5.41, 5.74) is 2.90. The smallest absolute Gasteiger partial charge is 0.258 e. The molecule has 0 aliphatic carbocycles. The fourth-order valence-electron chi connectivity index (χ4n) is 2.82. The molecule has 0 fully saturated rings. The zero-order chi connectivity index (χ0) is 20.4. The van der Waals surface area contributed by atoms with Crippen molar-refractivity contribution in [2.24, 2.45) is 0 Å². The number of hydrogen-bond donors (Lipinski definition) is 0. The standard InChI is InChI=1S/C21H11ClN4O2S/c22-20-15(8-13-4-1-2-7-18(13)24-20)9-16(11-23)21-25-19(12-29-21)14-5-3-6-17(10-14)26(27)28/h1-10,12H/b16-9-. The number of nitro groups is 1. The topological polar surface area (TPSA) is 92.7 Å². The van der Waals surface area contributed by atoms with Crippen molar-refractivity contribution in [1.82, 2.24) is 9.97 Å². The van der Waals surface area contributed by atoms with Gasteiger partial charge in [-0.15, -0.1) is 11.3 Å². The summed E-state index contributed by atoms with van der Waals surface area (Å²) in [5.74, 6) is 0. The Balaban J connectivity index is 1.73. The summed E-state index contributed by atoms with van der Waals surface area (Å²) in [6.07, 6.45) is 1.65. The van der Waals surface area contributed by atoms with Crippen LogP contribution in [0.1, 0.15) is 10.6 Å². The van der Waals surface area contributed by atoms with Crippen molar-refractivity contribution in [1.29, 1.82) is 5.26 Å². The molecular weight excluding hydrogens is 408 g/mol. The van der Waals surface area contributed by atoms with Crippen molar-refractivity contribution in [3.8, 4) is 17.3 Å². The molecule has 0 unspecified atom stereocenters. The number of nitro benzene ring substituents is 1. The third-order valence-electron chi connectivity index (χ3n) is 4.21. The Kier molecular flexibility index (Phi) is 5.04. The van der Waals surface area contributed by atoms with Crippen LogP contribution < -0.4 is 0 Å². The van der Waals surface area contributed by atoms with Crippen LogP contribution in [0.2, 0.25) is 5.15 Å². The molecule has 0 radical (unpaired) electrons. The minimum absolute atomic E-state index is 0.0119. The number of halogens is 1. The average Bonchev–Trinajstić information content (AvgIpc) is 3.22. The van der Waals surface area contributed by atoms with Crippen molar-refractivity contribution in [2.45, 2.75) is 0 Å². The number of para-hydroxylation sites is 1. The fourth-order valence-corrected chi connectivity index (χ4v) is 3.81. The van der Waals surface area contributed by atoms with Crippen LogP contribution in [0.3, 0.4) is 0 Å². The van der Waals surface area contributed by atoms with Gasteiger partial charge in [0.2, 0.25) is 0 Å². The van der Waals surface area contributed by atoms with Crippen molar-refractivity contribution in [2.75, 3.05) is 0 Å². The minimum Gasteiger partial charge on any atom is -0.258 e. The van der Waals surface area contributed by atoms with Gasteiger partial charge >= 0.3 is 0 Å². The second-order valence-corrected chi connectivity index (χ2v) is 7.29. The van der Waals surface area contributed by atoms with Gasteiger partial charge in [0.25, 0.3) is 5.69 Å². The Labute approximate surface area is 174 Å². The Bertz CT molecular complexity index is 1320. The summed E-state index contributed by atoms with van der Waals surface area (Å²) in [4.78, 5) is 19.4. The first-order valence-electron chi connectivity index (χ1n) is 8.43. The van der Waals surface area contributed by atoms with Crippen LogP contribution in [-0.4, -0.2) is 14.9 Å². The molecule has 4 aromatic rings. The van der Waals surface area contributed by atoms with Crippen LogP contribution in [-0.2, 0) is 0 Å². The van der Waals surface area contributed by atoms with Gasteiger partial charge in [0.05, 0.1) is 21.7 Å². The second kappa shape index (κ2) is 7.80. The molecule has 29 heavy (non-hydrogen) atoms. The summed E-state index contributed by atoms with van der Waals surface area (Å²) in [5, 5.41) is 24.1. The molecule has 0 saturated carbocycles. The van der Waals surface area contributed by atoms with E-state index >= 15 is 0 Å². The predicted octanol–water partition coefficient (Wildman–Crippen LogP) is 5.98. The van der Waals surface area contributed by atoms with Crippen molar-refractivity contribution >= 4 is 51.2 Å². The van der Waals surface area contributed by atoms with Crippen LogP contribution in [0.4, 0.5) is 5.69 Å². The monoisotopic (exact) mass is 418 g/mol. The van der Waals surface area contributed by atoms with E-state index < -0.39 is 4.92 Å². The summed E-state index contributed by atoms with van der Waals surface area (Å²) in [6.45, 7) is 0. The van der Waals surface area contributed by atoms with Gasteiger partial charge in [-0.25, -0.2) is 9.97 Å². The molecular formula is C21H11ClN4O2S. The van der Waals surface area contributed by atoms with Crippen LogP contribution >= 0.6 is 22.9 Å². The second-order valence-electron chi connectivity index (χ2n) is 6.08. The van der Waals surface area contributed by atoms with Crippen LogP contribution in [0.15, 0.2) is 60.0 Å². The van der Waals surface area contributed by atoms with Crippen LogP contribution in [0, 0.1) is 21.4 Å². The van der Waals surface area contributed by atoms with Gasteiger partial charge in [0.1, 0.15) is 16.2 Å². The maximum Gasteiger partial charge on any atom is 0.270 e. The van der Waals surface area contributed by atoms with E-state index in [2.05, 4.69) is 16.0 Å². The predicted molar refractivity (Wildman–Crippen MR) is 114 cm³/mol. The normalized spacial score (nSPS) is 11.4. The molecule has 0 saturated heterocycles. The molecule has 0 bridgehead atoms. The lowest BCUT2D eigenvalue weighted by atomic mass is 10.1. The van der Waals surface area contributed by atoms with E-state index in [9.17, 15) is 15.4 Å². The molecule has 0 spiro atoms. The van der Waals surface area contributed by atoms with Crippen LogP contribution in [0.5, 0.6) is 0 Å². The van der Waals surface area contributed by atoms with E-state index in [1.807, 2.05) is 30.3 Å². The third kappa shape index (κ3) is 3.85. The summed E-state index contributed by atoms with van der Waals surface area (Å²) in [6, 6.07) is 17.8. The highest BCUT2D eigenvalue weighted by Gasteiger charge is 2.13. The molecule has 4 rings (SSSR count). The number of hydrogen-bond acceptors (Lipinski definition) is 6. The van der Waals surface area contributed by atoms with Gasteiger partial charge in [-0.1, -0.05) is 41.9 Å². The zero-order valence-electron chi connectivity index (χ0n) is 14.7. The number of allylic oxidation sites excluding steroid dienone is 1. The molecule has 0 atom stereocenters. The van der Waals surface area contributed by atoms with Crippen molar-refractivity contribution in [3.05, 3.63) is 85.8 Å². The molecule has 0 aliphatic heterocycles. The van der Waals surface area contributed by atoms with Gasteiger partial charge < -0.3 is 0 Å². The third-order valence-corrected chi connectivity index (χ3v) is 5.39. The lowest BCUT2D eigenvalue weighted by Crippen LogP contribution is -1.89. The number of fused-ring (bicyclic) bond motifs is 1. The quantitative estimate of drug-likeness (QED) is 0.176. The Morgan fingerprint density at radius 2 is 2.00 bits per heavy atom. The lowest BCUT2D eigenvalue weighted by Gasteiger charge is -2.02. The molecule has 0 N–H and O–H groups in total. The number of nitrogens with zero attached hydrogens (tertiary/aromatic N) is 4. The molecule has 8 heteroatoms. The molecule has 2 aromatic carbocycles. The van der Waals surface area contributed by atoms with Gasteiger partial charge in [-0.3, -0.25) is 10.1 Å². The molecule has 2 heterocycles. The lowest BCUT2D eigenvalue weighted by molar-refractivity contribution is -0.384. The van der Waals surface area contributed by atoms with Crippen molar-refractivity contribution < 1.29 is 4.92 Å². The molecule has 6 nitrogen and oxygen atoms in total. The first-order valence-corrected chi connectivity index (χ1v) is 9.69. The van der Waals surface area contributed by atoms with Gasteiger partial charge in [0, 0.05) is 34.0 Å². The first kappa shape index (κ1) is 18.7. The molecule has 2 aromatic heterocycles. The highest BCUT2D eigenvalue weighted by atomic mass is 35.5. The highest BCUT2D eigenvalue weighted by molar-refractivity contribution is 7.11. The number of pyridine rings is 1. The first-order chi connectivity index (χ1) is 14.0. The minimum atomic E-state index is -0.452. The van der Waals surface area contributed by atoms with Gasteiger partial charge in [-0.2, -0.15) is 5.26 Å². The number of thiazole rings is 1. The molecule has 0 amide bonds. The number of non-ortho nitro benzene ring substituents is 1. The molecule has 140 valence electrons. The fraction of sp³-hybridized carbons (Fsp3) is 0.